The van der Waals surface area contributed by atoms with Gasteiger partial charge in [0, 0.05) is 13.6 Å². The predicted molar refractivity (Wildman–Crippen MR) is 48.7 cm³/mol. The molecule has 0 radical (unpaired) electrons. The highest BCUT2D eigenvalue weighted by atomic mass is 16.6. The van der Waals surface area contributed by atoms with Crippen molar-refractivity contribution in [1.29, 1.82) is 0 Å². The Morgan fingerprint density at radius 1 is 1.64 bits per heavy atom. The van der Waals surface area contributed by atoms with E-state index in [0.29, 0.717) is 6.42 Å². The first-order valence-corrected chi connectivity index (χ1v) is 4.90. The largest absolute Gasteiger partial charge is 0.460 e. The topological polar surface area (TPSA) is 58.6 Å². The molecule has 0 aliphatic carbocycles. The first-order chi connectivity index (χ1) is 6.72. The minimum absolute atomic E-state index is 0.0452. The fraction of sp³-hybridized carbons (Fsp3) is 0.778. The number of fused-ring (bicyclic) bond motifs is 1. The summed E-state index contributed by atoms with van der Waals surface area (Å²) in [6.07, 6.45) is 2.05. The van der Waals surface area contributed by atoms with Crippen LogP contribution in [0.3, 0.4) is 0 Å². The van der Waals surface area contributed by atoms with Crippen LogP contribution in [0.25, 0.3) is 0 Å². The lowest BCUT2D eigenvalue weighted by Crippen LogP contribution is -2.51. The second-order valence-corrected chi connectivity index (χ2v) is 3.69. The summed E-state index contributed by atoms with van der Waals surface area (Å²) in [7, 11) is 1.60. The molecule has 5 nitrogen and oxygen atoms in total. The van der Waals surface area contributed by atoms with E-state index in [2.05, 4.69) is 5.32 Å². The number of hydrogen-bond donors (Lipinski definition) is 1. The zero-order chi connectivity index (χ0) is 10.1. The van der Waals surface area contributed by atoms with Crippen LogP contribution in [0.5, 0.6) is 0 Å². The molecular weight excluding hydrogens is 184 g/mol. The molecule has 2 aliphatic rings. The summed E-state index contributed by atoms with van der Waals surface area (Å²) in [5, 5.41) is 2.58. The van der Waals surface area contributed by atoms with Crippen LogP contribution < -0.4 is 5.32 Å². The average molecular weight is 198 g/mol. The van der Waals surface area contributed by atoms with Crippen molar-refractivity contribution in [1.82, 2.24) is 10.2 Å². The van der Waals surface area contributed by atoms with E-state index in [4.69, 9.17) is 4.74 Å². The van der Waals surface area contributed by atoms with Gasteiger partial charge >= 0.3 is 12.0 Å². The fourth-order valence-electron chi connectivity index (χ4n) is 2.18. The number of piperidine rings is 1. The second kappa shape index (κ2) is 3.48. The highest BCUT2D eigenvalue weighted by Gasteiger charge is 2.42. The quantitative estimate of drug-likeness (QED) is 0.562. The molecule has 14 heavy (non-hydrogen) atoms. The van der Waals surface area contributed by atoms with E-state index in [1.54, 1.807) is 11.9 Å². The maximum atomic E-state index is 11.5. The molecule has 0 aromatic carbocycles. The number of urea groups is 1. The summed E-state index contributed by atoms with van der Waals surface area (Å²) in [6.45, 7) is 0.720. The van der Waals surface area contributed by atoms with Gasteiger partial charge in [0.1, 0.15) is 6.10 Å². The molecule has 78 valence electrons. The van der Waals surface area contributed by atoms with Crippen LogP contribution in [-0.2, 0) is 9.53 Å². The van der Waals surface area contributed by atoms with Crippen molar-refractivity contribution in [3.05, 3.63) is 0 Å². The van der Waals surface area contributed by atoms with Crippen LogP contribution in [0.4, 0.5) is 4.79 Å². The number of hydrogen-bond acceptors (Lipinski definition) is 3. The number of nitrogens with zero attached hydrogens (tertiary/aromatic N) is 1. The van der Waals surface area contributed by atoms with E-state index in [9.17, 15) is 9.59 Å². The SMILES string of the molecule is CNC(=O)N1CCC[C@@H]2OC(=O)C[C@@H]21. The Bertz CT molecular complexity index is 267. The lowest BCUT2D eigenvalue weighted by atomic mass is 9.99. The minimum atomic E-state index is -0.184. The van der Waals surface area contributed by atoms with Crippen molar-refractivity contribution in [2.75, 3.05) is 13.6 Å². The molecule has 0 aromatic heterocycles. The zero-order valence-electron chi connectivity index (χ0n) is 8.16. The van der Waals surface area contributed by atoms with Crippen molar-refractivity contribution in [3.8, 4) is 0 Å². The van der Waals surface area contributed by atoms with Crippen molar-refractivity contribution < 1.29 is 14.3 Å². The molecule has 0 unspecified atom stereocenters. The van der Waals surface area contributed by atoms with Crippen molar-refractivity contribution in [3.63, 3.8) is 0 Å². The van der Waals surface area contributed by atoms with Gasteiger partial charge in [-0.15, -0.1) is 0 Å². The second-order valence-electron chi connectivity index (χ2n) is 3.69. The molecule has 2 heterocycles. The van der Waals surface area contributed by atoms with Gasteiger partial charge in [0.15, 0.2) is 0 Å². The Morgan fingerprint density at radius 2 is 2.43 bits per heavy atom. The van der Waals surface area contributed by atoms with Crippen LogP contribution in [0, 0.1) is 0 Å². The van der Waals surface area contributed by atoms with E-state index in [-0.39, 0.29) is 24.1 Å². The van der Waals surface area contributed by atoms with Gasteiger partial charge < -0.3 is 15.0 Å². The molecular formula is C9H14N2O3. The van der Waals surface area contributed by atoms with Crippen LogP contribution in [-0.4, -0.2) is 42.6 Å². The number of amides is 2. The number of nitrogens with one attached hydrogen (secondary N) is 1. The molecule has 2 aliphatic heterocycles. The zero-order valence-corrected chi connectivity index (χ0v) is 8.16. The first-order valence-electron chi connectivity index (χ1n) is 4.90. The summed E-state index contributed by atoms with van der Waals surface area (Å²) >= 11 is 0. The van der Waals surface area contributed by atoms with Crippen molar-refractivity contribution in [2.45, 2.75) is 31.4 Å². The molecule has 2 atom stereocenters. The summed E-state index contributed by atoms with van der Waals surface area (Å²) < 4.78 is 5.13. The van der Waals surface area contributed by atoms with E-state index >= 15 is 0 Å². The third-order valence-electron chi connectivity index (χ3n) is 2.85. The molecule has 2 amide bonds. The molecule has 5 heteroatoms. The third kappa shape index (κ3) is 1.42. The van der Waals surface area contributed by atoms with Gasteiger partial charge in [0.25, 0.3) is 0 Å². The minimum Gasteiger partial charge on any atom is -0.460 e. The standard InChI is InChI=1S/C9H14N2O3/c1-10-9(13)11-4-2-3-7-6(11)5-8(12)14-7/h6-7H,2-5H2,1H3,(H,10,13)/t6-,7-/m0/s1. The normalized spacial score (nSPS) is 30.9. The average Bonchev–Trinajstić information content (AvgIpc) is 2.56. The van der Waals surface area contributed by atoms with Gasteiger partial charge in [-0.2, -0.15) is 0 Å². The summed E-state index contributed by atoms with van der Waals surface area (Å²) in [5.41, 5.74) is 0. The van der Waals surface area contributed by atoms with Crippen LogP contribution in [0.1, 0.15) is 19.3 Å². The monoisotopic (exact) mass is 198 g/mol. The third-order valence-corrected chi connectivity index (χ3v) is 2.85. The number of carbonyl (C=O) groups excluding carboxylic acids is 2. The molecule has 0 aromatic rings. The first kappa shape index (κ1) is 9.30. The van der Waals surface area contributed by atoms with Gasteiger partial charge in [0.05, 0.1) is 12.5 Å². The number of esters is 1. The maximum absolute atomic E-state index is 11.5. The summed E-state index contributed by atoms with van der Waals surface area (Å²) in [6, 6.07) is -0.158. The molecule has 0 spiro atoms. The molecule has 1 N–H and O–H groups in total. The van der Waals surface area contributed by atoms with Crippen molar-refractivity contribution in [2.24, 2.45) is 0 Å². The summed E-state index contributed by atoms with van der Waals surface area (Å²) in [5.74, 6) is -0.184. The van der Waals surface area contributed by atoms with E-state index < -0.39 is 0 Å². The van der Waals surface area contributed by atoms with Gasteiger partial charge in [-0.3, -0.25) is 4.79 Å². The summed E-state index contributed by atoms with van der Waals surface area (Å²) in [4.78, 5) is 24.3. The number of likely N-dealkylation sites (tertiary alicyclic amines) is 1. The molecule has 2 saturated heterocycles. The van der Waals surface area contributed by atoms with Gasteiger partial charge in [0.2, 0.25) is 0 Å². The molecule has 0 bridgehead atoms. The van der Waals surface area contributed by atoms with Gasteiger partial charge in [-0.25, -0.2) is 4.79 Å². The maximum Gasteiger partial charge on any atom is 0.317 e. The number of rotatable bonds is 0. The smallest absolute Gasteiger partial charge is 0.317 e. The van der Waals surface area contributed by atoms with Crippen LogP contribution in [0.2, 0.25) is 0 Å². The van der Waals surface area contributed by atoms with E-state index in [1.165, 1.54) is 0 Å². The highest BCUT2D eigenvalue weighted by molar-refractivity contribution is 5.78. The Hall–Kier alpha value is -1.26. The Labute approximate surface area is 82.4 Å². The lowest BCUT2D eigenvalue weighted by molar-refractivity contribution is -0.142. The number of carbonyl (C=O) groups is 2. The Balaban J connectivity index is 2.11. The Morgan fingerprint density at radius 3 is 3.14 bits per heavy atom. The Kier molecular flexibility index (Phi) is 2.31. The van der Waals surface area contributed by atoms with Crippen LogP contribution >= 0.6 is 0 Å². The fourth-order valence-corrected chi connectivity index (χ4v) is 2.18. The van der Waals surface area contributed by atoms with E-state index in [1.807, 2.05) is 0 Å². The number of ether oxygens (including phenoxy) is 1. The lowest BCUT2D eigenvalue weighted by Gasteiger charge is -2.35. The van der Waals surface area contributed by atoms with Gasteiger partial charge in [-0.1, -0.05) is 0 Å². The molecule has 0 saturated carbocycles. The molecule has 2 rings (SSSR count). The predicted octanol–water partition coefficient (Wildman–Crippen LogP) is 0.106. The van der Waals surface area contributed by atoms with Gasteiger partial charge in [-0.05, 0) is 12.8 Å². The van der Waals surface area contributed by atoms with Crippen LogP contribution in [0.15, 0.2) is 0 Å². The molecule has 2 fully saturated rings. The van der Waals surface area contributed by atoms with E-state index in [0.717, 1.165) is 19.4 Å². The highest BCUT2D eigenvalue weighted by Crippen LogP contribution is 2.28. The van der Waals surface area contributed by atoms with Crippen molar-refractivity contribution >= 4 is 12.0 Å².